The van der Waals surface area contributed by atoms with Gasteiger partial charge in [0.2, 0.25) is 15.4 Å². The van der Waals surface area contributed by atoms with Gasteiger partial charge in [-0.05, 0) is 62.7 Å². The molecular formula is C28H28N4O10S4. The van der Waals surface area contributed by atoms with Crippen LogP contribution in [-0.2, 0) is 38.1 Å². The zero-order valence-corrected chi connectivity index (χ0v) is 27.8. The van der Waals surface area contributed by atoms with Gasteiger partial charge in [-0.25, -0.2) is 4.79 Å². The molecule has 0 saturated carbocycles. The molecule has 0 fully saturated rings. The number of thiazole rings is 2. The molecule has 244 valence electrons. The van der Waals surface area contributed by atoms with Crippen LogP contribution in [0, 0.1) is 0 Å². The quantitative estimate of drug-likeness (QED) is 0.0622. The standard InChI is InChI=1S/C28H28N4O10S4/c1-4-11-41-26(35)16-12-21(33)25(34)22(13-16)42-46(39,40)18-8-10-20-24(15-18)44-28(32(20)6-3)30-29-27-31(5-2)19-9-7-17(45(36,37)38)14-23(19)43-27/h7-10,12-15,33-34H,4-6,11H2,1-3H3,(H,36,37,38). The Hall–Kier alpha value is -4.23. The van der Waals surface area contributed by atoms with Crippen molar-refractivity contribution in [2.75, 3.05) is 6.61 Å². The number of phenolic OH excluding ortho intramolecular Hbond substituents is 2. The number of esters is 1. The minimum atomic E-state index is -4.55. The van der Waals surface area contributed by atoms with E-state index in [4.69, 9.17) is 8.92 Å². The maximum atomic E-state index is 13.2. The number of fused-ring (bicyclic) bond motifs is 2. The summed E-state index contributed by atoms with van der Waals surface area (Å²) in [7, 11) is -8.93. The second-order valence-corrected chi connectivity index (χ2v) is 14.7. The summed E-state index contributed by atoms with van der Waals surface area (Å²) >= 11 is 2.36. The van der Waals surface area contributed by atoms with Crippen LogP contribution in [0.1, 0.15) is 37.6 Å². The highest BCUT2D eigenvalue weighted by molar-refractivity contribution is 7.87. The summed E-state index contributed by atoms with van der Waals surface area (Å²) in [4.78, 5) is 12.7. The third-order valence-electron chi connectivity index (χ3n) is 6.68. The van der Waals surface area contributed by atoms with Crippen molar-refractivity contribution < 1.29 is 45.3 Å². The Kier molecular flexibility index (Phi) is 9.28. The summed E-state index contributed by atoms with van der Waals surface area (Å²) in [6, 6.07) is 10.4. The summed E-state index contributed by atoms with van der Waals surface area (Å²) in [6.45, 7) is 6.66. The van der Waals surface area contributed by atoms with Gasteiger partial charge in [-0.3, -0.25) is 4.55 Å². The van der Waals surface area contributed by atoms with Crippen LogP contribution in [0.4, 0.5) is 0 Å². The van der Waals surface area contributed by atoms with E-state index < -0.39 is 43.5 Å². The van der Waals surface area contributed by atoms with Crippen LogP contribution in [0.15, 0.2) is 68.5 Å². The SMILES string of the molecule is CCCOC(=O)c1cc(O)c(O)c(OS(=O)(=O)c2ccc3c(c2)sc(=NN=c2sc4cc(S(=O)(=O)O)ccc4n2CC)n3CC)c1. The third kappa shape index (κ3) is 6.52. The lowest BCUT2D eigenvalue weighted by molar-refractivity contribution is 0.0504. The Balaban J connectivity index is 1.54. The van der Waals surface area contributed by atoms with E-state index in [1.54, 1.807) is 19.1 Å². The van der Waals surface area contributed by atoms with Crippen molar-refractivity contribution in [3.8, 4) is 17.2 Å². The first kappa shape index (κ1) is 33.1. The van der Waals surface area contributed by atoms with Crippen LogP contribution in [0.5, 0.6) is 17.2 Å². The second kappa shape index (κ2) is 12.9. The lowest BCUT2D eigenvalue weighted by atomic mass is 10.2. The van der Waals surface area contributed by atoms with Crippen LogP contribution in [0.2, 0.25) is 0 Å². The molecule has 3 N–H and O–H groups in total. The van der Waals surface area contributed by atoms with E-state index in [2.05, 4.69) is 10.2 Å². The molecule has 0 unspecified atom stereocenters. The molecule has 18 heteroatoms. The van der Waals surface area contributed by atoms with Gasteiger partial charge >= 0.3 is 16.1 Å². The lowest BCUT2D eigenvalue weighted by Gasteiger charge is -2.11. The summed E-state index contributed by atoms with van der Waals surface area (Å²) < 4.78 is 74.1. The Bertz CT molecular complexity index is 2350. The minimum Gasteiger partial charge on any atom is -0.504 e. The monoisotopic (exact) mass is 708 g/mol. The Morgan fingerprint density at radius 2 is 1.37 bits per heavy atom. The molecule has 0 radical (unpaired) electrons. The fraction of sp³-hybridized carbons (Fsp3) is 0.250. The van der Waals surface area contributed by atoms with E-state index in [1.807, 2.05) is 23.0 Å². The summed E-state index contributed by atoms with van der Waals surface area (Å²) in [5.74, 6) is -3.10. The van der Waals surface area contributed by atoms with Crippen LogP contribution in [0.25, 0.3) is 20.4 Å². The van der Waals surface area contributed by atoms with Crippen molar-refractivity contribution in [2.24, 2.45) is 10.2 Å². The number of ether oxygens (including phenoxy) is 1. The number of nitrogens with zero attached hydrogens (tertiary/aromatic N) is 4. The molecular weight excluding hydrogens is 681 g/mol. The number of aromatic hydroxyl groups is 2. The van der Waals surface area contributed by atoms with Crippen LogP contribution in [0.3, 0.4) is 0 Å². The molecule has 5 aromatic rings. The van der Waals surface area contributed by atoms with Crippen molar-refractivity contribution in [3.63, 3.8) is 0 Å². The highest BCUT2D eigenvalue weighted by atomic mass is 32.2. The second-order valence-electron chi connectivity index (χ2n) is 9.71. The lowest BCUT2D eigenvalue weighted by Crippen LogP contribution is -2.16. The summed E-state index contributed by atoms with van der Waals surface area (Å²) in [5, 5.41) is 29.2. The molecule has 5 rings (SSSR count). The number of phenols is 2. The molecule has 0 aliphatic rings. The maximum absolute atomic E-state index is 13.2. The average molecular weight is 709 g/mol. The zero-order valence-electron chi connectivity index (χ0n) is 24.6. The highest BCUT2D eigenvalue weighted by Gasteiger charge is 2.24. The van der Waals surface area contributed by atoms with Crippen molar-refractivity contribution >= 4 is 69.3 Å². The van der Waals surface area contributed by atoms with E-state index in [0.29, 0.717) is 49.5 Å². The van der Waals surface area contributed by atoms with Gasteiger partial charge in [0.1, 0.15) is 4.90 Å². The number of rotatable bonds is 10. The number of aromatic nitrogens is 2. The van der Waals surface area contributed by atoms with Gasteiger partial charge in [0.25, 0.3) is 10.1 Å². The predicted molar refractivity (Wildman–Crippen MR) is 170 cm³/mol. The van der Waals surface area contributed by atoms with Gasteiger partial charge in [0, 0.05) is 19.2 Å². The van der Waals surface area contributed by atoms with Gasteiger partial charge in [-0.1, -0.05) is 29.6 Å². The first-order chi connectivity index (χ1) is 21.8. The molecule has 0 bridgehead atoms. The van der Waals surface area contributed by atoms with Gasteiger partial charge in [0.15, 0.2) is 11.5 Å². The van der Waals surface area contributed by atoms with E-state index in [1.165, 1.54) is 35.6 Å². The fourth-order valence-corrected chi connectivity index (χ4v) is 8.27. The Labute approximate surface area is 270 Å². The average Bonchev–Trinajstić information content (AvgIpc) is 3.56. The van der Waals surface area contributed by atoms with Crippen molar-refractivity contribution in [1.82, 2.24) is 9.13 Å². The summed E-state index contributed by atoms with van der Waals surface area (Å²) in [5.41, 5.74) is 1.17. The number of hydrogen-bond donors (Lipinski definition) is 3. The number of aryl methyl sites for hydroxylation is 2. The molecule has 0 saturated heterocycles. The molecule has 2 heterocycles. The number of carbonyl (C=O) groups excluding carboxylic acids is 1. The molecule has 46 heavy (non-hydrogen) atoms. The van der Waals surface area contributed by atoms with Gasteiger partial charge in [-0.15, -0.1) is 10.2 Å². The molecule has 0 aliphatic carbocycles. The van der Waals surface area contributed by atoms with Gasteiger partial charge in [0.05, 0.1) is 37.5 Å². The van der Waals surface area contributed by atoms with E-state index in [0.717, 1.165) is 23.5 Å². The van der Waals surface area contributed by atoms with E-state index in [-0.39, 0.29) is 22.0 Å². The third-order valence-corrected chi connectivity index (χ3v) is 10.8. The first-order valence-electron chi connectivity index (χ1n) is 13.8. The number of carbonyl (C=O) groups is 1. The van der Waals surface area contributed by atoms with Crippen molar-refractivity contribution in [1.29, 1.82) is 0 Å². The number of benzene rings is 3. The topological polar surface area (TPSA) is 199 Å². The normalized spacial score (nSPS) is 13.1. The molecule has 0 atom stereocenters. The number of hydrogen-bond acceptors (Lipinski definition) is 13. The van der Waals surface area contributed by atoms with Gasteiger partial charge in [-0.2, -0.15) is 16.8 Å². The van der Waals surface area contributed by atoms with E-state index in [9.17, 15) is 36.4 Å². The Morgan fingerprint density at radius 1 is 0.826 bits per heavy atom. The predicted octanol–water partition coefficient (Wildman–Crippen LogP) is 4.17. The molecule has 0 spiro atoms. The summed E-state index contributed by atoms with van der Waals surface area (Å²) in [6.07, 6.45) is 0.546. The minimum absolute atomic E-state index is 0.107. The largest absolute Gasteiger partial charge is 0.504 e. The molecule has 0 aliphatic heterocycles. The maximum Gasteiger partial charge on any atom is 0.339 e. The van der Waals surface area contributed by atoms with Crippen LogP contribution < -0.4 is 13.8 Å². The van der Waals surface area contributed by atoms with E-state index >= 15 is 0 Å². The van der Waals surface area contributed by atoms with Gasteiger partial charge < -0.3 is 28.3 Å². The fourth-order valence-electron chi connectivity index (χ4n) is 4.49. The highest BCUT2D eigenvalue weighted by Crippen LogP contribution is 2.38. The Morgan fingerprint density at radius 3 is 1.89 bits per heavy atom. The molecule has 2 aromatic heterocycles. The van der Waals surface area contributed by atoms with Crippen LogP contribution in [-0.4, -0.2) is 53.3 Å². The first-order valence-corrected chi connectivity index (χ1v) is 18.2. The van der Waals surface area contributed by atoms with Crippen molar-refractivity contribution in [2.45, 2.75) is 50.1 Å². The zero-order chi connectivity index (χ0) is 33.4. The molecule has 14 nitrogen and oxygen atoms in total. The van der Waals surface area contributed by atoms with Crippen LogP contribution >= 0.6 is 22.7 Å². The molecule has 3 aromatic carbocycles. The smallest absolute Gasteiger partial charge is 0.339 e. The molecule has 0 amide bonds. The van der Waals surface area contributed by atoms with Crippen molar-refractivity contribution in [3.05, 3.63) is 63.7 Å².